The Bertz CT molecular complexity index is 602. The number of aliphatic hydroxyl groups excluding tert-OH is 1. The van der Waals surface area contributed by atoms with Gasteiger partial charge in [-0.2, -0.15) is 0 Å². The average molecular weight is 323 g/mol. The number of aliphatic hydroxyl groups is 1. The third kappa shape index (κ3) is 2.98. The van der Waals surface area contributed by atoms with E-state index in [-0.39, 0.29) is 24.3 Å². The SMILES string of the molecule is CC1=C(C(=O)N2C[C@@H](O)C[C@@H]2c2ccc(F)cc2)SCCO1. The molecule has 3 rings (SSSR count). The van der Waals surface area contributed by atoms with Crippen LogP contribution in [-0.4, -0.2) is 40.9 Å². The number of rotatable bonds is 2. The summed E-state index contributed by atoms with van der Waals surface area (Å²) in [6.07, 6.45) is -0.0932. The molecule has 4 nitrogen and oxygen atoms in total. The molecule has 0 spiro atoms. The number of halogens is 1. The maximum atomic E-state index is 13.1. The number of amides is 1. The molecule has 2 aliphatic rings. The van der Waals surface area contributed by atoms with Crippen LogP contribution in [0, 0.1) is 5.82 Å². The highest BCUT2D eigenvalue weighted by atomic mass is 32.2. The van der Waals surface area contributed by atoms with Crippen LogP contribution in [0.25, 0.3) is 0 Å². The molecule has 1 amide bonds. The summed E-state index contributed by atoms with van der Waals surface area (Å²) in [5.41, 5.74) is 0.839. The maximum absolute atomic E-state index is 13.1. The van der Waals surface area contributed by atoms with Crippen molar-refractivity contribution in [3.8, 4) is 0 Å². The predicted octanol–water partition coefficient (Wildman–Crippen LogP) is 2.45. The lowest BCUT2D eigenvalue weighted by Gasteiger charge is -2.27. The van der Waals surface area contributed by atoms with Gasteiger partial charge < -0.3 is 14.7 Å². The highest BCUT2D eigenvalue weighted by Gasteiger charge is 2.37. The second kappa shape index (κ2) is 6.30. The molecule has 0 aliphatic carbocycles. The Balaban J connectivity index is 1.87. The summed E-state index contributed by atoms with van der Waals surface area (Å²) in [7, 11) is 0. The fraction of sp³-hybridized carbons (Fsp3) is 0.438. The van der Waals surface area contributed by atoms with Gasteiger partial charge >= 0.3 is 0 Å². The van der Waals surface area contributed by atoms with Crippen LogP contribution in [0.5, 0.6) is 0 Å². The van der Waals surface area contributed by atoms with Gasteiger partial charge in [0, 0.05) is 12.3 Å². The molecular formula is C16H18FNO3S. The van der Waals surface area contributed by atoms with Gasteiger partial charge in [0.25, 0.3) is 5.91 Å². The minimum atomic E-state index is -0.561. The summed E-state index contributed by atoms with van der Waals surface area (Å²) in [6.45, 7) is 2.69. The van der Waals surface area contributed by atoms with Gasteiger partial charge in [0.05, 0.1) is 18.8 Å². The van der Waals surface area contributed by atoms with E-state index in [9.17, 15) is 14.3 Å². The number of ether oxygens (including phenoxy) is 1. The van der Waals surface area contributed by atoms with Gasteiger partial charge in [-0.3, -0.25) is 4.79 Å². The van der Waals surface area contributed by atoms with Crippen molar-refractivity contribution in [1.29, 1.82) is 0 Å². The number of hydrogen-bond acceptors (Lipinski definition) is 4. The molecule has 0 aromatic heterocycles. The van der Waals surface area contributed by atoms with Crippen LogP contribution in [0.3, 0.4) is 0 Å². The molecule has 1 N–H and O–H groups in total. The van der Waals surface area contributed by atoms with E-state index in [0.717, 1.165) is 11.3 Å². The fourth-order valence-electron chi connectivity index (χ4n) is 2.89. The number of likely N-dealkylation sites (tertiary alicyclic amines) is 1. The van der Waals surface area contributed by atoms with Crippen LogP contribution in [0.1, 0.15) is 24.9 Å². The maximum Gasteiger partial charge on any atom is 0.264 e. The van der Waals surface area contributed by atoms with E-state index in [4.69, 9.17) is 4.74 Å². The van der Waals surface area contributed by atoms with Crippen molar-refractivity contribution in [3.63, 3.8) is 0 Å². The zero-order chi connectivity index (χ0) is 15.7. The largest absolute Gasteiger partial charge is 0.496 e. The van der Waals surface area contributed by atoms with E-state index < -0.39 is 6.10 Å². The first-order chi connectivity index (χ1) is 10.6. The van der Waals surface area contributed by atoms with E-state index in [1.807, 2.05) is 0 Å². The Morgan fingerprint density at radius 3 is 2.82 bits per heavy atom. The van der Waals surface area contributed by atoms with E-state index in [0.29, 0.717) is 23.7 Å². The average Bonchev–Trinajstić information content (AvgIpc) is 2.90. The lowest BCUT2D eigenvalue weighted by atomic mass is 10.0. The Hall–Kier alpha value is -1.53. The number of thioether (sulfide) groups is 1. The Morgan fingerprint density at radius 2 is 2.14 bits per heavy atom. The smallest absolute Gasteiger partial charge is 0.264 e. The Morgan fingerprint density at radius 1 is 1.41 bits per heavy atom. The number of carbonyl (C=O) groups excluding carboxylic acids is 1. The van der Waals surface area contributed by atoms with Crippen LogP contribution in [0.15, 0.2) is 34.9 Å². The van der Waals surface area contributed by atoms with Crippen LogP contribution >= 0.6 is 11.8 Å². The van der Waals surface area contributed by atoms with E-state index >= 15 is 0 Å². The first-order valence-electron chi connectivity index (χ1n) is 7.27. The number of hydrogen-bond donors (Lipinski definition) is 1. The minimum absolute atomic E-state index is 0.118. The second-order valence-electron chi connectivity index (χ2n) is 5.50. The molecule has 1 saturated heterocycles. The monoisotopic (exact) mass is 323 g/mol. The highest BCUT2D eigenvalue weighted by molar-refractivity contribution is 8.04. The van der Waals surface area contributed by atoms with Crippen LogP contribution in [0.2, 0.25) is 0 Å². The molecule has 2 atom stereocenters. The van der Waals surface area contributed by atoms with Crippen molar-refractivity contribution in [1.82, 2.24) is 4.90 Å². The standard InChI is InChI=1S/C16H18FNO3S/c1-10-15(22-7-6-21-10)16(20)18-9-13(19)8-14(18)11-2-4-12(17)5-3-11/h2-5,13-14,19H,6-9H2,1H3/t13-,14+/m0/s1. The number of benzene rings is 1. The molecule has 22 heavy (non-hydrogen) atoms. The summed E-state index contributed by atoms with van der Waals surface area (Å²) in [4.78, 5) is 15.1. The molecule has 0 saturated carbocycles. The quantitative estimate of drug-likeness (QED) is 0.908. The van der Waals surface area contributed by atoms with Crippen molar-refractivity contribution in [3.05, 3.63) is 46.3 Å². The molecule has 2 heterocycles. The highest BCUT2D eigenvalue weighted by Crippen LogP contribution is 2.36. The van der Waals surface area contributed by atoms with Crippen molar-refractivity contribution in [2.45, 2.75) is 25.5 Å². The molecule has 0 radical (unpaired) electrons. The predicted molar refractivity (Wildman–Crippen MR) is 82.6 cm³/mol. The van der Waals surface area contributed by atoms with Gasteiger partial charge in [0.1, 0.15) is 16.5 Å². The van der Waals surface area contributed by atoms with Crippen molar-refractivity contribution < 1.29 is 19.0 Å². The van der Waals surface area contributed by atoms with Gasteiger partial charge in [0.2, 0.25) is 0 Å². The second-order valence-corrected chi connectivity index (χ2v) is 6.60. The van der Waals surface area contributed by atoms with Gasteiger partial charge in [-0.15, -0.1) is 11.8 Å². The van der Waals surface area contributed by atoms with Gasteiger partial charge in [-0.05, 0) is 31.0 Å². The normalized spacial score (nSPS) is 25.3. The van der Waals surface area contributed by atoms with Crippen molar-refractivity contribution in [2.75, 3.05) is 18.9 Å². The summed E-state index contributed by atoms with van der Waals surface area (Å²) >= 11 is 1.49. The summed E-state index contributed by atoms with van der Waals surface area (Å²) in [5, 5.41) is 9.98. The zero-order valence-electron chi connectivity index (χ0n) is 12.3. The molecule has 6 heteroatoms. The van der Waals surface area contributed by atoms with E-state index in [1.54, 1.807) is 24.0 Å². The third-order valence-corrected chi connectivity index (χ3v) is 5.08. The molecular weight excluding hydrogens is 305 g/mol. The molecule has 118 valence electrons. The summed E-state index contributed by atoms with van der Waals surface area (Å²) in [5.74, 6) is 0.958. The van der Waals surface area contributed by atoms with Crippen molar-refractivity contribution in [2.24, 2.45) is 0 Å². The van der Waals surface area contributed by atoms with Gasteiger partial charge in [-0.25, -0.2) is 4.39 Å². The van der Waals surface area contributed by atoms with Gasteiger partial charge in [0.15, 0.2) is 0 Å². The van der Waals surface area contributed by atoms with E-state index in [1.165, 1.54) is 23.9 Å². The number of nitrogens with zero attached hydrogens (tertiary/aromatic N) is 1. The lowest BCUT2D eigenvalue weighted by molar-refractivity contribution is -0.127. The van der Waals surface area contributed by atoms with Crippen molar-refractivity contribution >= 4 is 17.7 Å². The third-order valence-electron chi connectivity index (χ3n) is 3.96. The van der Waals surface area contributed by atoms with E-state index in [2.05, 4.69) is 0 Å². The molecule has 0 unspecified atom stereocenters. The first-order valence-corrected chi connectivity index (χ1v) is 8.26. The fourth-order valence-corrected chi connectivity index (χ4v) is 3.76. The van der Waals surface area contributed by atoms with Crippen LogP contribution < -0.4 is 0 Å². The summed E-state index contributed by atoms with van der Waals surface area (Å²) < 4.78 is 18.5. The number of carbonyl (C=O) groups is 1. The molecule has 2 aliphatic heterocycles. The van der Waals surface area contributed by atoms with Crippen LogP contribution in [0.4, 0.5) is 4.39 Å². The lowest BCUT2D eigenvalue weighted by Crippen LogP contribution is -2.33. The Kier molecular flexibility index (Phi) is 4.40. The number of allylic oxidation sites excluding steroid dienone is 1. The zero-order valence-corrected chi connectivity index (χ0v) is 13.1. The molecule has 1 fully saturated rings. The number of β-amino-alcohol motifs (C(OH)–C–C–N with tert-alkyl or cyclic N) is 1. The Labute approximate surface area is 132 Å². The summed E-state index contributed by atoms with van der Waals surface area (Å²) in [6, 6.07) is 5.87. The van der Waals surface area contributed by atoms with Gasteiger partial charge in [-0.1, -0.05) is 12.1 Å². The molecule has 0 bridgehead atoms. The molecule has 1 aromatic carbocycles. The van der Waals surface area contributed by atoms with Crippen LogP contribution in [-0.2, 0) is 9.53 Å². The minimum Gasteiger partial charge on any atom is -0.496 e. The molecule has 1 aromatic rings. The first kappa shape index (κ1) is 15.4. The topological polar surface area (TPSA) is 49.8 Å².